The minimum Gasteiger partial charge on any atom is -0.486 e. The van der Waals surface area contributed by atoms with Gasteiger partial charge in [0.1, 0.15) is 19.0 Å². The van der Waals surface area contributed by atoms with Gasteiger partial charge in [-0.15, -0.1) is 0 Å². The highest BCUT2D eigenvalue weighted by Crippen LogP contribution is 2.38. The highest BCUT2D eigenvalue weighted by Gasteiger charge is 2.17. The van der Waals surface area contributed by atoms with Crippen LogP contribution < -0.4 is 14.8 Å². The Morgan fingerprint density at radius 3 is 2.55 bits per heavy atom. The Kier molecular flexibility index (Phi) is 3.90. The standard InChI is InChI=1S/C16H13ClFNO3/c1-9-2-3-10(6-12(9)18)16(20)19-13-8-15-14(7-11(13)17)21-4-5-22-15/h2-3,6-8H,4-5H2,1H3,(H,19,20). The fraction of sp³-hybridized carbons (Fsp3) is 0.188. The van der Waals surface area contributed by atoms with Crippen molar-refractivity contribution in [3.8, 4) is 11.5 Å². The van der Waals surface area contributed by atoms with Crippen LogP contribution in [0.25, 0.3) is 0 Å². The zero-order valence-corrected chi connectivity index (χ0v) is 12.5. The highest BCUT2D eigenvalue weighted by atomic mass is 35.5. The van der Waals surface area contributed by atoms with Crippen molar-refractivity contribution in [1.82, 2.24) is 0 Å². The van der Waals surface area contributed by atoms with E-state index in [1.807, 2.05) is 0 Å². The van der Waals surface area contributed by atoms with E-state index in [1.165, 1.54) is 6.07 Å². The molecular formula is C16H13ClFNO3. The average molecular weight is 322 g/mol. The fourth-order valence-electron chi connectivity index (χ4n) is 2.09. The van der Waals surface area contributed by atoms with E-state index < -0.39 is 11.7 Å². The number of hydrogen-bond donors (Lipinski definition) is 1. The molecule has 2 aromatic rings. The molecule has 4 nitrogen and oxygen atoms in total. The number of nitrogens with one attached hydrogen (secondary N) is 1. The summed E-state index contributed by atoms with van der Waals surface area (Å²) in [6, 6.07) is 7.48. The number of ether oxygens (including phenoxy) is 2. The van der Waals surface area contributed by atoms with Crippen LogP contribution in [0.5, 0.6) is 11.5 Å². The number of fused-ring (bicyclic) bond motifs is 1. The number of hydrogen-bond acceptors (Lipinski definition) is 3. The SMILES string of the molecule is Cc1ccc(C(=O)Nc2cc3c(cc2Cl)OCCO3)cc1F. The molecule has 114 valence electrons. The lowest BCUT2D eigenvalue weighted by Crippen LogP contribution is -2.17. The van der Waals surface area contributed by atoms with Gasteiger partial charge in [0, 0.05) is 17.7 Å². The summed E-state index contributed by atoms with van der Waals surface area (Å²) in [7, 11) is 0. The van der Waals surface area contributed by atoms with E-state index >= 15 is 0 Å². The molecule has 3 rings (SSSR count). The van der Waals surface area contributed by atoms with Crippen LogP contribution in [0.4, 0.5) is 10.1 Å². The summed E-state index contributed by atoms with van der Waals surface area (Å²) >= 11 is 6.12. The Hall–Kier alpha value is -2.27. The van der Waals surface area contributed by atoms with Crippen molar-refractivity contribution < 1.29 is 18.7 Å². The number of aryl methyl sites for hydroxylation is 1. The number of benzene rings is 2. The lowest BCUT2D eigenvalue weighted by molar-refractivity contribution is 0.102. The lowest BCUT2D eigenvalue weighted by Gasteiger charge is -2.20. The zero-order valence-electron chi connectivity index (χ0n) is 11.8. The van der Waals surface area contributed by atoms with Gasteiger partial charge in [0.25, 0.3) is 5.91 Å². The largest absolute Gasteiger partial charge is 0.486 e. The van der Waals surface area contributed by atoms with Crippen LogP contribution in [0.1, 0.15) is 15.9 Å². The second-order valence-corrected chi connectivity index (χ2v) is 5.30. The normalized spacial score (nSPS) is 12.9. The van der Waals surface area contributed by atoms with Gasteiger partial charge < -0.3 is 14.8 Å². The molecule has 6 heteroatoms. The average Bonchev–Trinajstić information content (AvgIpc) is 2.50. The summed E-state index contributed by atoms with van der Waals surface area (Å²) < 4.78 is 24.4. The molecule has 1 amide bonds. The van der Waals surface area contributed by atoms with Crippen molar-refractivity contribution in [2.75, 3.05) is 18.5 Å². The Labute approximate surface area is 131 Å². The maximum Gasteiger partial charge on any atom is 0.255 e. The third-order valence-corrected chi connectivity index (χ3v) is 3.63. The first-order chi connectivity index (χ1) is 10.5. The van der Waals surface area contributed by atoms with Gasteiger partial charge in [0.15, 0.2) is 11.5 Å². The first kappa shape index (κ1) is 14.7. The molecule has 0 bridgehead atoms. The van der Waals surface area contributed by atoms with E-state index in [9.17, 15) is 9.18 Å². The van der Waals surface area contributed by atoms with E-state index in [0.29, 0.717) is 41.0 Å². The van der Waals surface area contributed by atoms with E-state index in [0.717, 1.165) is 0 Å². The molecule has 1 heterocycles. The Morgan fingerprint density at radius 1 is 1.18 bits per heavy atom. The van der Waals surface area contributed by atoms with Gasteiger partial charge in [0.05, 0.1) is 10.7 Å². The lowest BCUT2D eigenvalue weighted by atomic mass is 10.1. The third-order valence-electron chi connectivity index (χ3n) is 3.31. The monoisotopic (exact) mass is 321 g/mol. The van der Waals surface area contributed by atoms with Crippen LogP contribution in [-0.2, 0) is 0 Å². The first-order valence-electron chi connectivity index (χ1n) is 6.71. The molecule has 2 aromatic carbocycles. The molecule has 22 heavy (non-hydrogen) atoms. The van der Waals surface area contributed by atoms with Crippen molar-refractivity contribution in [1.29, 1.82) is 0 Å². The van der Waals surface area contributed by atoms with Crippen LogP contribution in [0, 0.1) is 12.7 Å². The molecule has 0 saturated heterocycles. The van der Waals surface area contributed by atoms with E-state index in [4.69, 9.17) is 21.1 Å². The third kappa shape index (κ3) is 2.85. The molecule has 0 aliphatic carbocycles. The van der Waals surface area contributed by atoms with Gasteiger partial charge in [-0.1, -0.05) is 17.7 Å². The second kappa shape index (κ2) is 5.85. The Morgan fingerprint density at radius 2 is 1.86 bits per heavy atom. The summed E-state index contributed by atoms with van der Waals surface area (Å²) in [5.41, 5.74) is 1.08. The summed E-state index contributed by atoms with van der Waals surface area (Å²) in [5, 5.41) is 2.97. The minimum atomic E-state index is -0.447. The van der Waals surface area contributed by atoms with Crippen LogP contribution >= 0.6 is 11.6 Å². The molecular weight excluding hydrogens is 309 g/mol. The Balaban J connectivity index is 1.86. The van der Waals surface area contributed by atoms with E-state index in [2.05, 4.69) is 5.32 Å². The predicted octanol–water partition coefficient (Wildman–Crippen LogP) is 3.81. The van der Waals surface area contributed by atoms with Gasteiger partial charge in [-0.25, -0.2) is 4.39 Å². The maximum atomic E-state index is 13.5. The number of amides is 1. The van der Waals surface area contributed by atoms with Crippen LogP contribution in [0.2, 0.25) is 5.02 Å². The minimum absolute atomic E-state index is 0.217. The first-order valence-corrected chi connectivity index (χ1v) is 7.09. The number of carbonyl (C=O) groups is 1. The smallest absolute Gasteiger partial charge is 0.255 e. The molecule has 0 radical (unpaired) electrons. The molecule has 0 saturated carbocycles. The van der Waals surface area contributed by atoms with Crippen LogP contribution in [0.3, 0.4) is 0 Å². The van der Waals surface area contributed by atoms with Crippen molar-refractivity contribution in [3.05, 3.63) is 52.3 Å². The molecule has 0 aromatic heterocycles. The summed E-state index contributed by atoms with van der Waals surface area (Å²) in [5.74, 6) is 0.176. The van der Waals surface area contributed by atoms with Crippen molar-refractivity contribution in [3.63, 3.8) is 0 Å². The van der Waals surface area contributed by atoms with E-state index in [-0.39, 0.29) is 5.56 Å². The predicted molar refractivity (Wildman–Crippen MR) is 81.5 cm³/mol. The van der Waals surface area contributed by atoms with Crippen molar-refractivity contribution in [2.45, 2.75) is 6.92 Å². The summed E-state index contributed by atoms with van der Waals surface area (Å²) in [6.45, 7) is 2.53. The van der Waals surface area contributed by atoms with Crippen LogP contribution in [0.15, 0.2) is 30.3 Å². The maximum absolute atomic E-state index is 13.5. The topological polar surface area (TPSA) is 47.6 Å². The van der Waals surface area contributed by atoms with Crippen molar-refractivity contribution in [2.24, 2.45) is 0 Å². The van der Waals surface area contributed by atoms with E-state index in [1.54, 1.807) is 31.2 Å². The fourth-order valence-corrected chi connectivity index (χ4v) is 2.29. The molecule has 0 unspecified atom stereocenters. The van der Waals surface area contributed by atoms with Gasteiger partial charge in [-0.3, -0.25) is 4.79 Å². The number of anilines is 1. The van der Waals surface area contributed by atoms with Gasteiger partial charge in [-0.2, -0.15) is 0 Å². The second-order valence-electron chi connectivity index (χ2n) is 4.89. The number of rotatable bonds is 2. The molecule has 1 aliphatic heterocycles. The Bertz CT molecular complexity index is 748. The highest BCUT2D eigenvalue weighted by molar-refractivity contribution is 6.34. The number of carbonyl (C=O) groups excluding carboxylic acids is 1. The molecule has 0 fully saturated rings. The summed E-state index contributed by atoms with van der Waals surface area (Å²) in [6.07, 6.45) is 0. The quantitative estimate of drug-likeness (QED) is 0.915. The van der Waals surface area contributed by atoms with Crippen molar-refractivity contribution >= 4 is 23.2 Å². The summed E-state index contributed by atoms with van der Waals surface area (Å²) in [4.78, 5) is 12.2. The molecule has 1 aliphatic rings. The van der Waals surface area contributed by atoms with Crippen LogP contribution in [-0.4, -0.2) is 19.1 Å². The van der Waals surface area contributed by atoms with Gasteiger partial charge >= 0.3 is 0 Å². The van der Waals surface area contributed by atoms with Gasteiger partial charge in [0.2, 0.25) is 0 Å². The molecule has 0 atom stereocenters. The zero-order chi connectivity index (χ0) is 15.7. The number of halogens is 2. The molecule has 0 spiro atoms. The van der Waals surface area contributed by atoms with Gasteiger partial charge in [-0.05, 0) is 24.6 Å². The molecule has 1 N–H and O–H groups in total.